The molecule has 1 atom stereocenters. The Morgan fingerprint density at radius 1 is 1.48 bits per heavy atom. The normalized spacial score (nSPS) is 19.7. The van der Waals surface area contributed by atoms with Crippen molar-refractivity contribution in [3.05, 3.63) is 24.3 Å². The molecule has 1 aromatic carbocycles. The Morgan fingerprint density at radius 3 is 2.95 bits per heavy atom. The summed E-state index contributed by atoms with van der Waals surface area (Å²) in [7, 11) is 4.26. The maximum atomic E-state index is 12.0. The van der Waals surface area contributed by atoms with Crippen LogP contribution in [0.4, 0.5) is 11.4 Å². The van der Waals surface area contributed by atoms with Crippen LogP contribution in [0.5, 0.6) is 0 Å². The number of nitrogens with zero attached hydrogens (tertiary/aromatic N) is 2. The minimum atomic E-state index is 0.0175. The van der Waals surface area contributed by atoms with E-state index in [1.54, 1.807) is 6.07 Å². The van der Waals surface area contributed by atoms with Gasteiger partial charge in [-0.3, -0.25) is 4.79 Å². The third-order valence-corrected chi connectivity index (χ3v) is 4.15. The summed E-state index contributed by atoms with van der Waals surface area (Å²) in [4.78, 5) is 16.7. The number of amides is 1. The number of nitrogens with one attached hydrogen (secondary N) is 1. The molecule has 5 nitrogen and oxygen atoms in total. The van der Waals surface area contributed by atoms with Crippen molar-refractivity contribution in [2.75, 3.05) is 44.8 Å². The number of anilines is 2. The largest absolute Gasteiger partial charge is 0.397 e. The number of nitrogens with two attached hydrogens (primary N) is 1. The molecule has 116 valence electrons. The fourth-order valence-electron chi connectivity index (χ4n) is 2.78. The van der Waals surface area contributed by atoms with Gasteiger partial charge >= 0.3 is 0 Å². The summed E-state index contributed by atoms with van der Waals surface area (Å²) in [6.07, 6.45) is 2.94. The Labute approximate surface area is 127 Å². The molecule has 0 aromatic heterocycles. The number of likely N-dealkylation sites (tertiary alicyclic amines) is 1. The van der Waals surface area contributed by atoms with Crippen molar-refractivity contribution in [3.63, 3.8) is 0 Å². The molecular weight excluding hydrogens is 264 g/mol. The van der Waals surface area contributed by atoms with Crippen LogP contribution in [0.15, 0.2) is 24.3 Å². The average Bonchev–Trinajstić information content (AvgIpc) is 2.47. The maximum absolute atomic E-state index is 12.0. The van der Waals surface area contributed by atoms with Crippen LogP contribution in [-0.2, 0) is 4.79 Å². The van der Waals surface area contributed by atoms with Crippen LogP contribution in [-0.4, -0.2) is 55.5 Å². The van der Waals surface area contributed by atoms with Gasteiger partial charge in [-0.2, -0.15) is 0 Å². The van der Waals surface area contributed by atoms with Gasteiger partial charge in [0, 0.05) is 25.6 Å². The smallest absolute Gasteiger partial charge is 0.225 e. The summed E-state index contributed by atoms with van der Waals surface area (Å²) in [6.45, 7) is 3.04. The number of para-hydroxylation sites is 2. The van der Waals surface area contributed by atoms with Crippen molar-refractivity contribution < 1.29 is 4.79 Å². The molecule has 0 saturated carbocycles. The van der Waals surface area contributed by atoms with E-state index in [-0.39, 0.29) is 5.91 Å². The Morgan fingerprint density at radius 2 is 2.24 bits per heavy atom. The molecule has 0 spiro atoms. The molecule has 1 aromatic rings. The molecule has 1 amide bonds. The predicted octanol–water partition coefficient (Wildman–Crippen LogP) is 1.62. The lowest BCUT2D eigenvalue weighted by atomic mass is 10.0. The SMILES string of the molecule is CN1CCCC(N(C)CCC(=O)Nc2ccccc2N)C1. The highest BCUT2D eigenvalue weighted by molar-refractivity contribution is 5.93. The molecule has 1 aliphatic heterocycles. The van der Waals surface area contributed by atoms with Crippen molar-refractivity contribution >= 4 is 17.3 Å². The van der Waals surface area contributed by atoms with Crippen LogP contribution in [0, 0.1) is 0 Å². The highest BCUT2D eigenvalue weighted by Gasteiger charge is 2.21. The molecule has 21 heavy (non-hydrogen) atoms. The second-order valence-corrected chi connectivity index (χ2v) is 5.92. The second-order valence-electron chi connectivity index (χ2n) is 5.92. The Balaban J connectivity index is 1.77. The fourth-order valence-corrected chi connectivity index (χ4v) is 2.78. The van der Waals surface area contributed by atoms with Gasteiger partial charge in [-0.05, 0) is 45.6 Å². The van der Waals surface area contributed by atoms with E-state index in [1.807, 2.05) is 18.2 Å². The molecule has 1 fully saturated rings. The number of likely N-dealkylation sites (N-methyl/N-ethyl adjacent to an activating group) is 2. The molecular formula is C16H26N4O. The molecule has 1 heterocycles. The van der Waals surface area contributed by atoms with Crippen LogP contribution in [0.1, 0.15) is 19.3 Å². The van der Waals surface area contributed by atoms with Crippen LogP contribution >= 0.6 is 0 Å². The lowest BCUT2D eigenvalue weighted by molar-refractivity contribution is -0.116. The van der Waals surface area contributed by atoms with Crippen molar-refractivity contribution in [1.82, 2.24) is 9.80 Å². The summed E-state index contributed by atoms with van der Waals surface area (Å²) >= 11 is 0. The van der Waals surface area contributed by atoms with E-state index < -0.39 is 0 Å². The summed E-state index contributed by atoms with van der Waals surface area (Å²) < 4.78 is 0. The molecule has 0 radical (unpaired) electrons. The molecule has 5 heteroatoms. The summed E-state index contributed by atoms with van der Waals surface area (Å²) in [5.74, 6) is 0.0175. The lowest BCUT2D eigenvalue weighted by Gasteiger charge is -2.35. The lowest BCUT2D eigenvalue weighted by Crippen LogP contribution is -2.45. The first kappa shape index (κ1) is 15.8. The quantitative estimate of drug-likeness (QED) is 0.809. The standard InChI is InChI=1S/C16H26N4O/c1-19-10-5-6-13(12-19)20(2)11-9-16(21)18-15-8-4-3-7-14(15)17/h3-4,7-8,13H,5-6,9-12,17H2,1-2H3,(H,18,21). The Bertz CT molecular complexity index is 477. The first-order valence-corrected chi connectivity index (χ1v) is 7.59. The Hall–Kier alpha value is -1.59. The number of benzene rings is 1. The van der Waals surface area contributed by atoms with Gasteiger partial charge in [-0.25, -0.2) is 0 Å². The number of hydrogen-bond acceptors (Lipinski definition) is 4. The van der Waals surface area contributed by atoms with Crippen molar-refractivity contribution in [1.29, 1.82) is 0 Å². The fraction of sp³-hybridized carbons (Fsp3) is 0.562. The third-order valence-electron chi connectivity index (χ3n) is 4.15. The topological polar surface area (TPSA) is 61.6 Å². The molecule has 1 aliphatic rings. The van der Waals surface area contributed by atoms with E-state index in [2.05, 4.69) is 29.2 Å². The number of nitrogen functional groups attached to an aromatic ring is 1. The van der Waals surface area contributed by atoms with Crippen molar-refractivity contribution in [2.24, 2.45) is 0 Å². The van der Waals surface area contributed by atoms with Crippen LogP contribution in [0.2, 0.25) is 0 Å². The zero-order valence-corrected chi connectivity index (χ0v) is 13.0. The van der Waals surface area contributed by atoms with Gasteiger partial charge in [-0.15, -0.1) is 0 Å². The van der Waals surface area contributed by atoms with E-state index >= 15 is 0 Å². The first-order valence-electron chi connectivity index (χ1n) is 7.59. The van der Waals surface area contributed by atoms with Gasteiger partial charge in [0.15, 0.2) is 0 Å². The molecule has 1 saturated heterocycles. The monoisotopic (exact) mass is 290 g/mol. The van der Waals surface area contributed by atoms with Crippen molar-refractivity contribution in [2.45, 2.75) is 25.3 Å². The van der Waals surface area contributed by atoms with Gasteiger partial charge in [0.1, 0.15) is 0 Å². The zero-order chi connectivity index (χ0) is 15.2. The molecule has 0 bridgehead atoms. The van der Waals surface area contributed by atoms with E-state index in [0.717, 1.165) is 13.1 Å². The third kappa shape index (κ3) is 4.72. The minimum absolute atomic E-state index is 0.0175. The van der Waals surface area contributed by atoms with Gasteiger partial charge in [-0.1, -0.05) is 12.1 Å². The molecule has 0 aliphatic carbocycles. The molecule has 1 unspecified atom stereocenters. The second kappa shape index (κ2) is 7.43. The number of hydrogen-bond donors (Lipinski definition) is 2. The molecule has 3 N–H and O–H groups in total. The summed E-state index contributed by atoms with van der Waals surface area (Å²) in [6, 6.07) is 7.90. The van der Waals surface area contributed by atoms with Gasteiger partial charge < -0.3 is 20.9 Å². The van der Waals surface area contributed by atoms with Gasteiger partial charge in [0.2, 0.25) is 5.91 Å². The molecule has 2 rings (SSSR count). The Kier molecular flexibility index (Phi) is 5.59. The van der Waals surface area contributed by atoms with E-state index in [4.69, 9.17) is 5.73 Å². The minimum Gasteiger partial charge on any atom is -0.397 e. The van der Waals surface area contributed by atoms with Crippen molar-refractivity contribution in [3.8, 4) is 0 Å². The zero-order valence-electron chi connectivity index (χ0n) is 13.0. The summed E-state index contributed by atoms with van der Waals surface area (Å²) in [5, 5.41) is 2.88. The number of carbonyl (C=O) groups excluding carboxylic acids is 1. The average molecular weight is 290 g/mol. The van der Waals surface area contributed by atoms with E-state index in [9.17, 15) is 4.79 Å². The first-order chi connectivity index (χ1) is 10.1. The maximum Gasteiger partial charge on any atom is 0.225 e. The highest BCUT2D eigenvalue weighted by atomic mass is 16.1. The van der Waals surface area contributed by atoms with Gasteiger partial charge in [0.25, 0.3) is 0 Å². The van der Waals surface area contributed by atoms with E-state index in [1.165, 1.54) is 19.4 Å². The van der Waals surface area contributed by atoms with Crippen LogP contribution in [0.3, 0.4) is 0 Å². The summed E-state index contributed by atoms with van der Waals surface area (Å²) in [5.41, 5.74) is 7.13. The highest BCUT2D eigenvalue weighted by Crippen LogP contribution is 2.17. The number of carbonyl (C=O) groups is 1. The van der Waals surface area contributed by atoms with Crippen LogP contribution < -0.4 is 11.1 Å². The predicted molar refractivity (Wildman–Crippen MR) is 87.3 cm³/mol. The van der Waals surface area contributed by atoms with E-state index in [0.29, 0.717) is 23.8 Å². The number of rotatable bonds is 5. The number of piperidine rings is 1. The van der Waals surface area contributed by atoms with Gasteiger partial charge in [0.05, 0.1) is 11.4 Å². The van der Waals surface area contributed by atoms with Crippen LogP contribution in [0.25, 0.3) is 0 Å².